The summed E-state index contributed by atoms with van der Waals surface area (Å²) in [6.07, 6.45) is -16.8. The molecule has 3 rings (SSSR count). The van der Waals surface area contributed by atoms with Crippen LogP contribution < -0.4 is 0 Å². The number of benzene rings is 1. The minimum absolute atomic E-state index is 0.0346. The molecule has 0 saturated carbocycles. The zero-order chi connectivity index (χ0) is 36.4. The molecule has 2 aliphatic heterocycles. The zero-order valence-corrected chi connectivity index (χ0v) is 27.5. The Bertz CT molecular complexity index is 1360. The summed E-state index contributed by atoms with van der Waals surface area (Å²) in [4.78, 5) is 85.8. The van der Waals surface area contributed by atoms with Crippen LogP contribution in [-0.2, 0) is 76.1 Å². The number of aliphatic hydroxyl groups excluding tert-OH is 1. The van der Waals surface area contributed by atoms with E-state index in [1.165, 1.54) is 12.1 Å². The van der Waals surface area contributed by atoms with Crippen LogP contribution in [0.4, 0.5) is 0 Å². The van der Waals surface area contributed by atoms with Gasteiger partial charge in [-0.3, -0.25) is 28.8 Å². The predicted molar refractivity (Wildman–Crippen MR) is 156 cm³/mol. The summed E-state index contributed by atoms with van der Waals surface area (Å²) in [6, 6.07) is 7.55. The third-order valence-electron chi connectivity index (χ3n) is 6.85. The van der Waals surface area contributed by atoms with Gasteiger partial charge >= 0.3 is 41.8 Å². The quantitative estimate of drug-likeness (QED) is 0.222. The topological polar surface area (TPSA) is 232 Å². The Labute approximate surface area is 280 Å². The molecule has 2 saturated heterocycles. The highest BCUT2D eigenvalue weighted by Gasteiger charge is 2.57. The molecule has 270 valence electrons. The molecule has 0 aromatic heterocycles. The van der Waals surface area contributed by atoms with E-state index >= 15 is 0 Å². The first kappa shape index (κ1) is 38.8. The highest BCUT2D eigenvalue weighted by Crippen LogP contribution is 2.35. The Balaban J connectivity index is 2.18. The number of ether oxygens (including phenoxy) is 10. The van der Waals surface area contributed by atoms with E-state index in [4.69, 9.17) is 47.4 Å². The monoisotopic (exact) mass is 698 g/mol. The summed E-state index contributed by atoms with van der Waals surface area (Å²) in [7, 11) is 0. The van der Waals surface area contributed by atoms with E-state index in [2.05, 4.69) is 0 Å². The molecule has 0 amide bonds. The molecule has 1 N–H and O–H groups in total. The van der Waals surface area contributed by atoms with E-state index in [-0.39, 0.29) is 5.56 Å². The third kappa shape index (κ3) is 11.2. The molecule has 2 heterocycles. The van der Waals surface area contributed by atoms with Gasteiger partial charge in [-0.15, -0.1) is 0 Å². The van der Waals surface area contributed by atoms with Crippen LogP contribution in [0.5, 0.6) is 0 Å². The zero-order valence-electron chi connectivity index (χ0n) is 27.5. The number of esters is 7. The molecule has 18 heteroatoms. The molecule has 2 fully saturated rings. The van der Waals surface area contributed by atoms with E-state index in [0.717, 1.165) is 41.5 Å². The van der Waals surface area contributed by atoms with Crippen molar-refractivity contribution >= 4 is 41.8 Å². The highest BCUT2D eigenvalue weighted by molar-refractivity contribution is 5.89. The lowest BCUT2D eigenvalue weighted by Gasteiger charge is -2.48. The molecule has 10 atom stereocenters. The van der Waals surface area contributed by atoms with Crippen LogP contribution >= 0.6 is 0 Å². The maximum Gasteiger partial charge on any atom is 0.338 e. The summed E-state index contributed by atoms with van der Waals surface area (Å²) in [5.74, 6) is -6.13. The molecule has 1 aromatic carbocycles. The SMILES string of the molecule is CC(=O)OC[C@H]1O[C@@H](O)[C@H](OC(C)=O)[C@@H](O[C@H]2O[C@H](COC(C)=O)[C@H](OC(C)=O)[C@H](OC(C)=O)[C@H]2OC(=O)c2ccccc2)[C@H]1OC(C)=O. The first-order chi connectivity index (χ1) is 23.1. The predicted octanol–water partition coefficient (Wildman–Crippen LogP) is -0.108. The van der Waals surface area contributed by atoms with Gasteiger partial charge in [-0.25, -0.2) is 4.79 Å². The number of carbonyl (C=O) groups excluding carboxylic acids is 7. The maximum atomic E-state index is 13.4. The molecule has 0 unspecified atom stereocenters. The average molecular weight is 699 g/mol. The molecular weight excluding hydrogens is 660 g/mol. The van der Waals surface area contributed by atoms with E-state index in [0.29, 0.717) is 0 Å². The van der Waals surface area contributed by atoms with E-state index in [1.54, 1.807) is 18.2 Å². The first-order valence-corrected chi connectivity index (χ1v) is 14.9. The van der Waals surface area contributed by atoms with Gasteiger partial charge in [0.25, 0.3) is 0 Å². The molecule has 2 aliphatic rings. The van der Waals surface area contributed by atoms with Crippen molar-refractivity contribution in [3.8, 4) is 0 Å². The van der Waals surface area contributed by atoms with Gasteiger partial charge in [-0.05, 0) is 12.1 Å². The van der Waals surface area contributed by atoms with Crippen molar-refractivity contribution < 1.29 is 86.0 Å². The van der Waals surface area contributed by atoms with Crippen LogP contribution in [0.25, 0.3) is 0 Å². The van der Waals surface area contributed by atoms with Crippen LogP contribution in [0.3, 0.4) is 0 Å². The molecule has 49 heavy (non-hydrogen) atoms. The summed E-state index contributed by atoms with van der Waals surface area (Å²) < 4.78 is 55.3. The Morgan fingerprint density at radius 3 is 1.49 bits per heavy atom. The van der Waals surface area contributed by atoms with E-state index < -0.39 is 116 Å². The Morgan fingerprint density at radius 1 is 0.551 bits per heavy atom. The summed E-state index contributed by atoms with van der Waals surface area (Å²) in [5.41, 5.74) is 0.0346. The minimum Gasteiger partial charge on any atom is -0.463 e. The van der Waals surface area contributed by atoms with Crippen LogP contribution in [-0.4, -0.2) is 122 Å². The molecule has 18 nitrogen and oxygen atoms in total. The number of hydrogen-bond acceptors (Lipinski definition) is 18. The fourth-order valence-electron chi connectivity index (χ4n) is 5.06. The van der Waals surface area contributed by atoms with Crippen LogP contribution in [0, 0.1) is 0 Å². The number of rotatable bonds is 12. The molecule has 0 aliphatic carbocycles. The molecule has 1 aromatic rings. The van der Waals surface area contributed by atoms with Gasteiger partial charge in [0.15, 0.2) is 43.1 Å². The van der Waals surface area contributed by atoms with Gasteiger partial charge in [0.2, 0.25) is 0 Å². The fraction of sp³-hybridized carbons (Fsp3) is 0.581. The largest absolute Gasteiger partial charge is 0.463 e. The molecule has 0 bridgehead atoms. The van der Waals surface area contributed by atoms with Crippen molar-refractivity contribution in [3.05, 3.63) is 35.9 Å². The van der Waals surface area contributed by atoms with Gasteiger partial charge < -0.3 is 52.5 Å². The van der Waals surface area contributed by atoms with E-state index in [1.807, 2.05) is 0 Å². The van der Waals surface area contributed by atoms with Crippen LogP contribution in [0.15, 0.2) is 30.3 Å². The van der Waals surface area contributed by atoms with Crippen LogP contribution in [0.2, 0.25) is 0 Å². The van der Waals surface area contributed by atoms with Crippen molar-refractivity contribution in [2.75, 3.05) is 13.2 Å². The lowest BCUT2D eigenvalue weighted by Crippen LogP contribution is -2.67. The van der Waals surface area contributed by atoms with E-state index in [9.17, 15) is 38.7 Å². The number of carbonyl (C=O) groups is 7. The average Bonchev–Trinajstić information content (AvgIpc) is 3.00. The number of hydrogen-bond donors (Lipinski definition) is 1. The van der Waals surface area contributed by atoms with Gasteiger partial charge in [-0.1, -0.05) is 18.2 Å². The third-order valence-corrected chi connectivity index (χ3v) is 6.85. The molecule has 0 spiro atoms. The second-order valence-electron chi connectivity index (χ2n) is 10.8. The van der Waals surface area contributed by atoms with Crippen molar-refractivity contribution in [3.63, 3.8) is 0 Å². The van der Waals surface area contributed by atoms with Gasteiger partial charge in [-0.2, -0.15) is 0 Å². The van der Waals surface area contributed by atoms with Crippen LogP contribution in [0.1, 0.15) is 51.9 Å². The molecular formula is C31H38O18. The lowest BCUT2D eigenvalue weighted by molar-refractivity contribution is -0.356. The summed E-state index contributed by atoms with van der Waals surface area (Å²) in [6.45, 7) is 5.11. The summed E-state index contributed by atoms with van der Waals surface area (Å²) >= 11 is 0. The highest BCUT2D eigenvalue weighted by atomic mass is 16.8. The van der Waals surface area contributed by atoms with Crippen molar-refractivity contribution in [1.82, 2.24) is 0 Å². The van der Waals surface area contributed by atoms with Crippen molar-refractivity contribution in [2.24, 2.45) is 0 Å². The Kier molecular flexibility index (Phi) is 14.0. The number of aliphatic hydroxyl groups is 1. The second kappa shape index (κ2) is 17.7. The standard InChI is InChI=1S/C31H38O18/c1-14(32)40-12-21-23(42-16(3)34)25(27(30(39)46-21)45-19(6)37)49-31-28(48-29(38)20-10-8-7-9-11-20)26(44-18(5)36)24(43-17(4)35)22(47-31)13-41-15(2)33/h7-11,21-28,30-31,39H,12-13H2,1-6H3/t21-,22-,23+,24+,25+,26+,27-,28-,30-,31-/m1/s1. The van der Waals surface area contributed by atoms with Gasteiger partial charge in [0.1, 0.15) is 31.5 Å². The molecule has 0 radical (unpaired) electrons. The van der Waals surface area contributed by atoms with Gasteiger partial charge in [0.05, 0.1) is 5.56 Å². The Hall–Kier alpha value is -4.65. The summed E-state index contributed by atoms with van der Waals surface area (Å²) in [5, 5.41) is 10.9. The fourth-order valence-corrected chi connectivity index (χ4v) is 5.06. The Morgan fingerprint density at radius 2 is 1.00 bits per heavy atom. The smallest absolute Gasteiger partial charge is 0.338 e. The lowest BCUT2D eigenvalue weighted by atomic mass is 9.96. The van der Waals surface area contributed by atoms with Gasteiger partial charge in [0, 0.05) is 41.5 Å². The maximum absolute atomic E-state index is 13.4. The van der Waals surface area contributed by atoms with Crippen molar-refractivity contribution in [2.45, 2.75) is 103 Å². The first-order valence-electron chi connectivity index (χ1n) is 14.9. The minimum atomic E-state index is -1.97. The van der Waals surface area contributed by atoms with Crippen molar-refractivity contribution in [1.29, 1.82) is 0 Å². The normalized spacial score (nSPS) is 29.4. The second-order valence-corrected chi connectivity index (χ2v) is 10.8.